The van der Waals surface area contributed by atoms with Gasteiger partial charge in [0.2, 0.25) is 5.91 Å². The molecule has 1 atom stereocenters. The van der Waals surface area contributed by atoms with Gasteiger partial charge in [0, 0.05) is 0 Å². The Kier molecular flexibility index (Phi) is 2.51. The van der Waals surface area contributed by atoms with E-state index in [0.29, 0.717) is 5.82 Å². The molecule has 0 aliphatic rings. The molecule has 2 rings (SSSR count). The maximum absolute atomic E-state index is 10.9. The summed E-state index contributed by atoms with van der Waals surface area (Å²) < 4.78 is 0. The number of nitrogens with two attached hydrogens (primary N) is 1. The number of aromatic nitrogens is 2. The van der Waals surface area contributed by atoms with Gasteiger partial charge in [0.25, 0.3) is 0 Å². The van der Waals surface area contributed by atoms with Crippen LogP contribution < -0.4 is 11.1 Å². The summed E-state index contributed by atoms with van der Waals surface area (Å²) in [4.78, 5) is 20.0. The van der Waals surface area contributed by atoms with Gasteiger partial charge in [-0.25, -0.2) is 9.97 Å². The van der Waals surface area contributed by atoms with E-state index >= 15 is 0 Å². The van der Waals surface area contributed by atoms with Gasteiger partial charge in [0.05, 0.1) is 5.39 Å². The number of hydrogen-bond donors (Lipinski definition) is 2. The molecule has 15 heavy (non-hydrogen) atoms. The van der Waals surface area contributed by atoms with Crippen molar-refractivity contribution < 1.29 is 4.79 Å². The fourth-order valence-electron chi connectivity index (χ4n) is 1.18. The normalized spacial score (nSPS) is 12.6. The van der Waals surface area contributed by atoms with Crippen LogP contribution in [0.15, 0.2) is 17.8 Å². The van der Waals surface area contributed by atoms with E-state index in [9.17, 15) is 4.79 Å². The standard InChI is InChI=1S/C9H10N4OS/c1-5(7(10)14)13-8-6-2-3-15-9(6)12-4-11-8/h2-5H,1H3,(H2,10,14)(H,11,12,13). The molecule has 2 aromatic rings. The first kappa shape index (κ1) is 9.85. The second-order valence-corrected chi connectivity index (χ2v) is 4.02. The average Bonchev–Trinajstić information content (AvgIpc) is 2.66. The fraction of sp³-hybridized carbons (Fsp3) is 0.222. The van der Waals surface area contributed by atoms with Crippen LogP contribution >= 0.6 is 11.3 Å². The Balaban J connectivity index is 2.35. The second-order valence-electron chi connectivity index (χ2n) is 3.13. The molecule has 1 amide bonds. The zero-order valence-electron chi connectivity index (χ0n) is 8.10. The molecular formula is C9H10N4OS. The number of primary amides is 1. The van der Waals surface area contributed by atoms with Crippen LogP contribution in [-0.4, -0.2) is 21.9 Å². The highest BCUT2D eigenvalue weighted by molar-refractivity contribution is 7.16. The highest BCUT2D eigenvalue weighted by atomic mass is 32.1. The molecule has 2 aromatic heterocycles. The number of rotatable bonds is 3. The van der Waals surface area contributed by atoms with E-state index in [2.05, 4.69) is 15.3 Å². The van der Waals surface area contributed by atoms with Crippen molar-refractivity contribution in [1.82, 2.24) is 9.97 Å². The van der Waals surface area contributed by atoms with E-state index in [0.717, 1.165) is 10.2 Å². The van der Waals surface area contributed by atoms with Crippen LogP contribution in [0.2, 0.25) is 0 Å². The first-order valence-corrected chi connectivity index (χ1v) is 5.30. The van der Waals surface area contributed by atoms with Gasteiger partial charge in [-0.2, -0.15) is 0 Å². The summed E-state index contributed by atoms with van der Waals surface area (Å²) in [6, 6.07) is 1.47. The Morgan fingerprint density at radius 2 is 2.40 bits per heavy atom. The molecule has 3 N–H and O–H groups in total. The van der Waals surface area contributed by atoms with Gasteiger partial charge >= 0.3 is 0 Å². The van der Waals surface area contributed by atoms with Crippen LogP contribution in [0.4, 0.5) is 5.82 Å². The largest absolute Gasteiger partial charge is 0.368 e. The summed E-state index contributed by atoms with van der Waals surface area (Å²) in [6.45, 7) is 1.70. The summed E-state index contributed by atoms with van der Waals surface area (Å²) in [7, 11) is 0. The van der Waals surface area contributed by atoms with Crippen LogP contribution in [0.25, 0.3) is 10.2 Å². The minimum absolute atomic E-state index is 0.406. The van der Waals surface area contributed by atoms with Crippen molar-refractivity contribution in [2.75, 3.05) is 5.32 Å². The van der Waals surface area contributed by atoms with Crippen LogP contribution in [0, 0.1) is 0 Å². The molecule has 0 radical (unpaired) electrons. The number of anilines is 1. The number of thiophene rings is 1. The highest BCUT2D eigenvalue weighted by Crippen LogP contribution is 2.23. The zero-order valence-corrected chi connectivity index (χ0v) is 8.91. The number of hydrogen-bond acceptors (Lipinski definition) is 5. The fourth-order valence-corrected chi connectivity index (χ4v) is 1.91. The van der Waals surface area contributed by atoms with Gasteiger partial charge in [0.15, 0.2) is 0 Å². The lowest BCUT2D eigenvalue weighted by Crippen LogP contribution is -2.32. The van der Waals surface area contributed by atoms with Crippen LogP contribution in [0.1, 0.15) is 6.92 Å². The van der Waals surface area contributed by atoms with Gasteiger partial charge in [-0.15, -0.1) is 11.3 Å². The summed E-state index contributed by atoms with van der Waals surface area (Å²) in [5, 5.41) is 5.79. The third-order valence-electron chi connectivity index (χ3n) is 2.04. The molecule has 0 aliphatic heterocycles. The maximum Gasteiger partial charge on any atom is 0.239 e. The molecule has 5 nitrogen and oxygen atoms in total. The molecule has 0 aromatic carbocycles. The summed E-state index contributed by atoms with van der Waals surface area (Å²) in [5.74, 6) is 0.240. The van der Waals surface area contributed by atoms with Crippen molar-refractivity contribution >= 4 is 33.3 Å². The molecule has 0 fully saturated rings. The first-order chi connectivity index (χ1) is 7.18. The predicted molar refractivity (Wildman–Crippen MR) is 59.7 cm³/mol. The molecule has 0 spiro atoms. The SMILES string of the molecule is CC(Nc1ncnc2sccc12)C(N)=O. The molecule has 0 saturated carbocycles. The molecule has 0 saturated heterocycles. The molecule has 6 heteroatoms. The van der Waals surface area contributed by atoms with E-state index in [1.165, 1.54) is 17.7 Å². The Hall–Kier alpha value is -1.69. The minimum Gasteiger partial charge on any atom is -0.368 e. The smallest absolute Gasteiger partial charge is 0.239 e. The van der Waals surface area contributed by atoms with Gasteiger partial charge in [-0.1, -0.05) is 0 Å². The number of carbonyl (C=O) groups excluding carboxylic acids is 1. The van der Waals surface area contributed by atoms with Gasteiger partial charge in [-0.3, -0.25) is 4.79 Å². The number of amides is 1. The number of fused-ring (bicyclic) bond motifs is 1. The summed E-state index contributed by atoms with van der Waals surface area (Å²) >= 11 is 1.53. The number of nitrogens with zero attached hydrogens (tertiary/aromatic N) is 2. The Morgan fingerprint density at radius 3 is 3.13 bits per heavy atom. The van der Waals surface area contributed by atoms with Crippen molar-refractivity contribution in [2.24, 2.45) is 5.73 Å². The minimum atomic E-state index is -0.442. The monoisotopic (exact) mass is 222 g/mol. The highest BCUT2D eigenvalue weighted by Gasteiger charge is 2.11. The van der Waals surface area contributed by atoms with Gasteiger partial charge in [0.1, 0.15) is 23.0 Å². The Bertz CT molecular complexity index is 496. The van der Waals surface area contributed by atoms with Crippen molar-refractivity contribution in [3.8, 4) is 0 Å². The Morgan fingerprint density at radius 1 is 1.60 bits per heavy atom. The quantitative estimate of drug-likeness (QED) is 0.811. The van der Waals surface area contributed by atoms with Crippen molar-refractivity contribution in [2.45, 2.75) is 13.0 Å². The Labute approximate surface area is 90.3 Å². The van der Waals surface area contributed by atoms with E-state index in [1.807, 2.05) is 11.4 Å². The molecule has 0 aliphatic carbocycles. The second kappa shape index (κ2) is 3.82. The maximum atomic E-state index is 10.9. The summed E-state index contributed by atoms with van der Waals surface area (Å²) in [6.07, 6.45) is 1.47. The third kappa shape index (κ3) is 1.89. The van der Waals surface area contributed by atoms with Crippen LogP contribution in [0.3, 0.4) is 0 Å². The van der Waals surface area contributed by atoms with E-state index < -0.39 is 11.9 Å². The van der Waals surface area contributed by atoms with Crippen molar-refractivity contribution in [3.05, 3.63) is 17.8 Å². The lowest BCUT2D eigenvalue weighted by Gasteiger charge is -2.10. The van der Waals surface area contributed by atoms with Gasteiger partial charge < -0.3 is 11.1 Å². The molecule has 0 bridgehead atoms. The first-order valence-electron chi connectivity index (χ1n) is 4.42. The van der Waals surface area contributed by atoms with E-state index in [-0.39, 0.29) is 0 Å². The zero-order chi connectivity index (χ0) is 10.8. The molecule has 78 valence electrons. The van der Waals surface area contributed by atoms with Crippen LogP contribution in [0.5, 0.6) is 0 Å². The predicted octanol–water partition coefficient (Wildman–Crippen LogP) is 0.977. The summed E-state index contributed by atoms with van der Waals surface area (Å²) in [5.41, 5.74) is 5.16. The topological polar surface area (TPSA) is 80.9 Å². The number of carbonyl (C=O) groups is 1. The third-order valence-corrected chi connectivity index (χ3v) is 2.86. The average molecular weight is 222 g/mol. The molecule has 2 heterocycles. The lowest BCUT2D eigenvalue weighted by atomic mass is 10.3. The molecular weight excluding hydrogens is 212 g/mol. The van der Waals surface area contributed by atoms with Crippen molar-refractivity contribution in [3.63, 3.8) is 0 Å². The number of nitrogens with one attached hydrogen (secondary N) is 1. The van der Waals surface area contributed by atoms with Crippen LogP contribution in [-0.2, 0) is 4.79 Å². The van der Waals surface area contributed by atoms with Gasteiger partial charge in [-0.05, 0) is 18.4 Å². The van der Waals surface area contributed by atoms with Crippen molar-refractivity contribution in [1.29, 1.82) is 0 Å². The van der Waals surface area contributed by atoms with E-state index in [4.69, 9.17) is 5.73 Å². The van der Waals surface area contributed by atoms with E-state index in [1.54, 1.807) is 6.92 Å². The lowest BCUT2D eigenvalue weighted by molar-refractivity contribution is -0.118. The molecule has 1 unspecified atom stereocenters.